The van der Waals surface area contributed by atoms with Crippen LogP contribution in [-0.4, -0.2) is 15.0 Å². The average Bonchev–Trinajstić information content (AvgIpc) is 3.24. The number of benzene rings is 6. The van der Waals surface area contributed by atoms with Gasteiger partial charge in [-0.3, -0.25) is 4.98 Å². The molecule has 3 nitrogen and oxygen atoms in total. The van der Waals surface area contributed by atoms with Crippen LogP contribution in [0.1, 0.15) is 25.5 Å². The Labute approximate surface area is 310 Å². The zero-order valence-corrected chi connectivity index (χ0v) is 29.7. The fourth-order valence-electron chi connectivity index (χ4n) is 7.16. The lowest BCUT2D eigenvalue weighted by Crippen LogP contribution is -1.96. The summed E-state index contributed by atoms with van der Waals surface area (Å²) in [5, 5.41) is 2.20. The Balaban J connectivity index is 1.17. The Morgan fingerprint density at radius 1 is 0.340 bits per heavy atom. The summed E-state index contributed by atoms with van der Waals surface area (Å²) in [6, 6.07) is 64.3. The lowest BCUT2D eigenvalue weighted by atomic mass is 9.95. The minimum absolute atomic E-state index is 0.319. The molecule has 0 radical (unpaired) electrons. The minimum Gasteiger partial charge on any atom is -0.250 e. The fraction of sp³-hybridized carbons (Fsp3) is 0.0600. The number of hydrogen-bond acceptors (Lipinski definition) is 3. The minimum atomic E-state index is 0.319. The van der Waals surface area contributed by atoms with E-state index in [1.54, 1.807) is 0 Å². The topological polar surface area (TPSA) is 38.7 Å². The first-order valence-corrected chi connectivity index (χ1v) is 18.2. The highest BCUT2D eigenvalue weighted by Crippen LogP contribution is 2.37. The van der Waals surface area contributed by atoms with Crippen LogP contribution in [0, 0.1) is 0 Å². The van der Waals surface area contributed by atoms with E-state index in [2.05, 4.69) is 190 Å². The highest BCUT2D eigenvalue weighted by Gasteiger charge is 2.15. The molecule has 6 aromatic carbocycles. The quantitative estimate of drug-likeness (QED) is 0.157. The molecule has 9 aromatic rings. The van der Waals surface area contributed by atoms with Gasteiger partial charge in [0.15, 0.2) is 0 Å². The van der Waals surface area contributed by atoms with Crippen molar-refractivity contribution in [1.82, 2.24) is 15.0 Å². The average molecular weight is 680 g/mol. The summed E-state index contributed by atoms with van der Waals surface area (Å²) in [4.78, 5) is 15.7. The van der Waals surface area contributed by atoms with Crippen molar-refractivity contribution in [3.8, 4) is 67.2 Å². The molecule has 0 spiro atoms. The molecule has 53 heavy (non-hydrogen) atoms. The van der Waals surface area contributed by atoms with E-state index in [9.17, 15) is 0 Å². The molecule has 0 fully saturated rings. The van der Waals surface area contributed by atoms with Gasteiger partial charge in [-0.15, -0.1) is 0 Å². The molecule has 9 rings (SSSR count). The molecule has 0 bridgehead atoms. The summed E-state index contributed by atoms with van der Waals surface area (Å²) in [6.07, 6.45) is 0. The Bertz CT molecular complexity index is 2680. The number of hydrogen-bond donors (Lipinski definition) is 0. The normalized spacial score (nSPS) is 11.4. The van der Waals surface area contributed by atoms with Crippen LogP contribution in [0.25, 0.3) is 89.0 Å². The van der Waals surface area contributed by atoms with Gasteiger partial charge < -0.3 is 0 Å². The largest absolute Gasteiger partial charge is 0.250 e. The summed E-state index contributed by atoms with van der Waals surface area (Å²) >= 11 is 0. The second-order valence-electron chi connectivity index (χ2n) is 13.9. The molecular formula is C50H37N3. The molecule has 0 aliphatic carbocycles. The smallest absolute Gasteiger partial charge is 0.0978 e. The summed E-state index contributed by atoms with van der Waals surface area (Å²) in [6.45, 7) is 4.37. The third kappa shape index (κ3) is 6.39. The van der Waals surface area contributed by atoms with E-state index >= 15 is 0 Å². The van der Waals surface area contributed by atoms with Crippen molar-refractivity contribution in [2.24, 2.45) is 0 Å². The standard InChI is InChI=1S/C50H37N3/c1-33(2)45-27-25-37-24-26-43-44(35-16-8-4-9-17-35)32-48(53-50(43)49(37)52-45)41-23-13-21-39(29-41)38-20-12-22-40(28-38)47-31-42(34-14-6-3-7-15-34)30-46(51-47)36-18-10-5-11-19-36/h3-33H,1-2H3. The van der Waals surface area contributed by atoms with E-state index < -0.39 is 0 Å². The van der Waals surface area contributed by atoms with E-state index in [4.69, 9.17) is 15.0 Å². The molecular weight excluding hydrogens is 643 g/mol. The number of nitrogens with zero attached hydrogens (tertiary/aromatic N) is 3. The van der Waals surface area contributed by atoms with Crippen molar-refractivity contribution in [3.05, 3.63) is 188 Å². The van der Waals surface area contributed by atoms with Crippen molar-refractivity contribution >= 4 is 21.8 Å². The molecule has 252 valence electrons. The Morgan fingerprint density at radius 2 is 0.849 bits per heavy atom. The van der Waals surface area contributed by atoms with Crippen LogP contribution in [0.4, 0.5) is 0 Å². The van der Waals surface area contributed by atoms with Crippen molar-refractivity contribution < 1.29 is 0 Å². The highest BCUT2D eigenvalue weighted by molar-refractivity contribution is 6.09. The Hall–Kier alpha value is -6.71. The number of aromatic nitrogens is 3. The van der Waals surface area contributed by atoms with Crippen LogP contribution in [0.15, 0.2) is 182 Å². The molecule has 0 amide bonds. The van der Waals surface area contributed by atoms with Crippen LogP contribution >= 0.6 is 0 Å². The van der Waals surface area contributed by atoms with E-state index in [1.165, 1.54) is 5.56 Å². The van der Waals surface area contributed by atoms with E-state index in [0.29, 0.717) is 5.92 Å². The second kappa shape index (κ2) is 13.8. The Kier molecular flexibility index (Phi) is 8.38. The molecule has 3 heterocycles. The lowest BCUT2D eigenvalue weighted by Gasteiger charge is -2.14. The molecule has 0 N–H and O–H groups in total. The zero-order chi connectivity index (χ0) is 35.7. The van der Waals surface area contributed by atoms with Crippen LogP contribution in [0.3, 0.4) is 0 Å². The van der Waals surface area contributed by atoms with Crippen LogP contribution < -0.4 is 0 Å². The van der Waals surface area contributed by atoms with Crippen molar-refractivity contribution in [1.29, 1.82) is 0 Å². The predicted octanol–water partition coefficient (Wildman–Crippen LogP) is 13.3. The SMILES string of the molecule is CC(C)c1ccc2ccc3c(-c4ccccc4)cc(-c4cccc(-c5cccc(-c6cc(-c7ccccc7)cc(-c7ccccc7)n6)c5)c4)nc3c2n1. The van der Waals surface area contributed by atoms with Gasteiger partial charge in [0.05, 0.1) is 28.1 Å². The summed E-state index contributed by atoms with van der Waals surface area (Å²) in [5.74, 6) is 0.319. The number of pyridine rings is 3. The van der Waals surface area contributed by atoms with Gasteiger partial charge in [0.1, 0.15) is 0 Å². The maximum absolute atomic E-state index is 5.36. The van der Waals surface area contributed by atoms with Crippen molar-refractivity contribution in [2.45, 2.75) is 19.8 Å². The monoisotopic (exact) mass is 679 g/mol. The molecule has 0 aliphatic rings. The van der Waals surface area contributed by atoms with Gasteiger partial charge in [0.2, 0.25) is 0 Å². The maximum Gasteiger partial charge on any atom is 0.0978 e. The third-order valence-corrected chi connectivity index (χ3v) is 9.99. The molecule has 0 unspecified atom stereocenters. The van der Waals surface area contributed by atoms with Gasteiger partial charge in [-0.2, -0.15) is 0 Å². The molecule has 3 heteroatoms. The highest BCUT2D eigenvalue weighted by atomic mass is 14.8. The molecule has 0 aliphatic heterocycles. The van der Waals surface area contributed by atoms with Crippen LogP contribution in [-0.2, 0) is 0 Å². The second-order valence-corrected chi connectivity index (χ2v) is 13.9. The molecule has 3 aromatic heterocycles. The third-order valence-electron chi connectivity index (χ3n) is 9.99. The Morgan fingerprint density at radius 3 is 1.47 bits per heavy atom. The van der Waals surface area contributed by atoms with Gasteiger partial charge in [-0.1, -0.05) is 159 Å². The number of fused-ring (bicyclic) bond motifs is 3. The first-order valence-electron chi connectivity index (χ1n) is 18.2. The van der Waals surface area contributed by atoms with Gasteiger partial charge in [0.25, 0.3) is 0 Å². The van der Waals surface area contributed by atoms with E-state index in [0.717, 1.165) is 89.1 Å². The predicted molar refractivity (Wildman–Crippen MR) is 222 cm³/mol. The van der Waals surface area contributed by atoms with E-state index in [1.807, 2.05) is 6.07 Å². The summed E-state index contributed by atoms with van der Waals surface area (Å²) < 4.78 is 0. The summed E-state index contributed by atoms with van der Waals surface area (Å²) in [5.41, 5.74) is 15.8. The first kappa shape index (κ1) is 32.2. The van der Waals surface area contributed by atoms with Gasteiger partial charge in [-0.05, 0) is 75.7 Å². The lowest BCUT2D eigenvalue weighted by molar-refractivity contribution is 0.830. The number of rotatable bonds is 7. The van der Waals surface area contributed by atoms with Gasteiger partial charge in [-0.25, -0.2) is 9.97 Å². The molecule has 0 saturated carbocycles. The molecule has 0 saturated heterocycles. The van der Waals surface area contributed by atoms with E-state index in [-0.39, 0.29) is 0 Å². The zero-order valence-electron chi connectivity index (χ0n) is 29.7. The fourth-order valence-corrected chi connectivity index (χ4v) is 7.16. The first-order chi connectivity index (χ1) is 26.1. The van der Waals surface area contributed by atoms with Gasteiger partial charge in [0, 0.05) is 33.2 Å². The molecule has 0 atom stereocenters. The summed E-state index contributed by atoms with van der Waals surface area (Å²) in [7, 11) is 0. The van der Waals surface area contributed by atoms with Gasteiger partial charge >= 0.3 is 0 Å². The van der Waals surface area contributed by atoms with Crippen molar-refractivity contribution in [2.75, 3.05) is 0 Å². The maximum atomic E-state index is 5.36. The van der Waals surface area contributed by atoms with Crippen LogP contribution in [0.2, 0.25) is 0 Å². The van der Waals surface area contributed by atoms with Crippen molar-refractivity contribution in [3.63, 3.8) is 0 Å². The van der Waals surface area contributed by atoms with Crippen LogP contribution in [0.5, 0.6) is 0 Å².